The third-order valence-corrected chi connectivity index (χ3v) is 5.29. The molecular formula is C27H34N2O4. The predicted molar refractivity (Wildman–Crippen MR) is 133 cm³/mol. The molecule has 0 aromatic heterocycles. The number of aliphatic hydroxyl groups is 2. The molecule has 2 rings (SSSR count). The van der Waals surface area contributed by atoms with Gasteiger partial charge in [-0.3, -0.25) is 4.79 Å². The largest absolute Gasteiger partial charge is 0.508 e. The van der Waals surface area contributed by atoms with E-state index in [0.29, 0.717) is 24.1 Å². The molecule has 0 heterocycles. The first kappa shape index (κ1) is 26.1. The molecule has 33 heavy (non-hydrogen) atoms. The number of nitrogens with one attached hydrogen (secondary N) is 2. The summed E-state index contributed by atoms with van der Waals surface area (Å²) in [5.41, 5.74) is 3.65. The Hall–Kier alpha value is -3.19. The Kier molecular flexibility index (Phi) is 10.6. The Balaban J connectivity index is 1.90. The summed E-state index contributed by atoms with van der Waals surface area (Å²) in [6.45, 7) is 7.85. The van der Waals surface area contributed by atoms with Gasteiger partial charge in [-0.1, -0.05) is 54.6 Å². The average Bonchev–Trinajstić information content (AvgIpc) is 2.82. The molecule has 6 nitrogen and oxygen atoms in total. The summed E-state index contributed by atoms with van der Waals surface area (Å²) in [7, 11) is 0. The fraction of sp³-hybridized carbons (Fsp3) is 0.296. The summed E-state index contributed by atoms with van der Waals surface area (Å²) in [5.74, 6) is -0.0944. The lowest BCUT2D eigenvalue weighted by Crippen LogP contribution is -2.30. The van der Waals surface area contributed by atoms with Crippen LogP contribution in [-0.4, -0.2) is 33.8 Å². The molecule has 5 N–H and O–H groups in total. The summed E-state index contributed by atoms with van der Waals surface area (Å²) < 4.78 is 0. The standard InChI is InChI=1S/C27H34N2O4/c1-4-20(14-21(5-2)15-27(33)29-24-9-7-6-8-10-24)13-19(3)28-17-26(32)22-11-12-25(31)23(16-22)18-30/h4-12,14,16,19,26,28,30-32H,2,13,15,17-18H2,1,3H3,(H,29,33)/b20-4-,21-14+. The smallest absolute Gasteiger partial charge is 0.228 e. The van der Waals surface area contributed by atoms with Crippen molar-refractivity contribution in [3.8, 4) is 5.75 Å². The second-order valence-electron chi connectivity index (χ2n) is 7.95. The van der Waals surface area contributed by atoms with E-state index < -0.39 is 6.10 Å². The second kappa shape index (κ2) is 13.4. The molecule has 0 saturated carbocycles. The van der Waals surface area contributed by atoms with Crippen molar-refractivity contribution in [1.29, 1.82) is 0 Å². The van der Waals surface area contributed by atoms with Gasteiger partial charge in [0.15, 0.2) is 0 Å². The lowest BCUT2D eigenvalue weighted by Gasteiger charge is -2.19. The van der Waals surface area contributed by atoms with Gasteiger partial charge in [0.1, 0.15) is 5.75 Å². The van der Waals surface area contributed by atoms with Crippen LogP contribution in [0.4, 0.5) is 5.69 Å². The molecule has 6 heteroatoms. The number of benzene rings is 2. The number of anilines is 1. The topological polar surface area (TPSA) is 102 Å². The molecule has 0 saturated heterocycles. The van der Waals surface area contributed by atoms with Crippen LogP contribution >= 0.6 is 0 Å². The number of phenols is 1. The molecular weight excluding hydrogens is 416 g/mol. The molecule has 0 aliphatic heterocycles. The highest BCUT2D eigenvalue weighted by molar-refractivity contribution is 5.92. The van der Waals surface area contributed by atoms with Gasteiger partial charge in [-0.15, -0.1) is 0 Å². The van der Waals surface area contributed by atoms with Gasteiger partial charge in [0, 0.05) is 23.8 Å². The Morgan fingerprint density at radius 3 is 2.52 bits per heavy atom. The highest BCUT2D eigenvalue weighted by Gasteiger charge is 2.13. The number of rotatable bonds is 12. The maximum Gasteiger partial charge on any atom is 0.228 e. The van der Waals surface area contributed by atoms with Crippen LogP contribution in [0.1, 0.15) is 43.9 Å². The minimum absolute atomic E-state index is 0.00904. The zero-order valence-corrected chi connectivity index (χ0v) is 19.3. The highest BCUT2D eigenvalue weighted by Crippen LogP contribution is 2.22. The van der Waals surface area contributed by atoms with Gasteiger partial charge in [-0.2, -0.15) is 0 Å². The van der Waals surface area contributed by atoms with Gasteiger partial charge in [0.05, 0.1) is 19.1 Å². The molecule has 2 atom stereocenters. The Bertz CT molecular complexity index is 983. The lowest BCUT2D eigenvalue weighted by atomic mass is 10.0. The van der Waals surface area contributed by atoms with E-state index in [4.69, 9.17) is 0 Å². The van der Waals surface area contributed by atoms with Crippen LogP contribution in [0.15, 0.2) is 84.5 Å². The molecule has 0 aliphatic carbocycles. The molecule has 2 aromatic rings. The van der Waals surface area contributed by atoms with Gasteiger partial charge in [0.25, 0.3) is 0 Å². The van der Waals surface area contributed by atoms with Crippen molar-refractivity contribution in [2.45, 2.75) is 45.4 Å². The number of hydrogen-bond donors (Lipinski definition) is 5. The van der Waals surface area contributed by atoms with Crippen LogP contribution in [0.25, 0.3) is 0 Å². The molecule has 2 aromatic carbocycles. The van der Waals surface area contributed by atoms with E-state index in [1.165, 1.54) is 6.07 Å². The second-order valence-corrected chi connectivity index (χ2v) is 7.95. The number of allylic oxidation sites excluding steroid dienone is 3. The maximum absolute atomic E-state index is 12.4. The molecule has 176 valence electrons. The van der Waals surface area contributed by atoms with Crippen LogP contribution in [0, 0.1) is 0 Å². The lowest BCUT2D eigenvalue weighted by molar-refractivity contribution is -0.115. The molecule has 0 aliphatic rings. The average molecular weight is 451 g/mol. The molecule has 0 fully saturated rings. The molecule has 0 radical (unpaired) electrons. The van der Waals surface area contributed by atoms with Crippen LogP contribution < -0.4 is 10.6 Å². The van der Waals surface area contributed by atoms with E-state index in [2.05, 4.69) is 17.2 Å². The molecule has 1 amide bonds. The third-order valence-electron chi connectivity index (χ3n) is 5.29. The van der Waals surface area contributed by atoms with Crippen LogP contribution in [0.3, 0.4) is 0 Å². The van der Waals surface area contributed by atoms with E-state index >= 15 is 0 Å². The monoisotopic (exact) mass is 450 g/mol. The molecule has 0 spiro atoms. The van der Waals surface area contributed by atoms with Crippen molar-refractivity contribution < 1.29 is 20.1 Å². The van der Waals surface area contributed by atoms with E-state index in [1.54, 1.807) is 18.2 Å². The van der Waals surface area contributed by atoms with Gasteiger partial charge in [-0.05, 0) is 55.7 Å². The molecule has 0 bridgehead atoms. The van der Waals surface area contributed by atoms with Crippen LogP contribution in [0.2, 0.25) is 0 Å². The van der Waals surface area contributed by atoms with E-state index in [-0.39, 0.29) is 30.7 Å². The Morgan fingerprint density at radius 1 is 1.15 bits per heavy atom. The number of para-hydroxylation sites is 1. The van der Waals surface area contributed by atoms with Gasteiger partial charge in [-0.25, -0.2) is 0 Å². The summed E-state index contributed by atoms with van der Waals surface area (Å²) in [6.07, 6.45) is 5.83. The number of carbonyl (C=O) groups is 1. The fourth-order valence-corrected chi connectivity index (χ4v) is 3.39. The van der Waals surface area contributed by atoms with Crippen LogP contribution in [0.5, 0.6) is 5.75 Å². The SMILES string of the molecule is C=C/C(=C\C(=C/C)CC(C)NCC(O)c1ccc(O)c(CO)c1)CC(=O)Nc1ccccc1. The zero-order chi connectivity index (χ0) is 24.2. The summed E-state index contributed by atoms with van der Waals surface area (Å²) in [4.78, 5) is 12.4. The van der Waals surface area contributed by atoms with E-state index in [0.717, 1.165) is 16.8 Å². The quantitative estimate of drug-likeness (QED) is 0.309. The number of amides is 1. The van der Waals surface area contributed by atoms with Crippen molar-refractivity contribution in [3.63, 3.8) is 0 Å². The predicted octanol–water partition coefficient (Wildman–Crippen LogP) is 4.37. The first-order chi connectivity index (χ1) is 15.9. The third kappa shape index (κ3) is 8.69. The van der Waals surface area contributed by atoms with Crippen molar-refractivity contribution in [3.05, 3.63) is 95.6 Å². The maximum atomic E-state index is 12.4. The summed E-state index contributed by atoms with van der Waals surface area (Å²) in [5, 5.41) is 35.6. The van der Waals surface area contributed by atoms with Crippen molar-refractivity contribution in [1.82, 2.24) is 5.32 Å². The Morgan fingerprint density at radius 2 is 1.88 bits per heavy atom. The first-order valence-corrected chi connectivity index (χ1v) is 11.0. The van der Waals surface area contributed by atoms with Gasteiger partial charge < -0.3 is 26.0 Å². The van der Waals surface area contributed by atoms with Crippen LogP contribution in [-0.2, 0) is 11.4 Å². The number of aromatic hydroxyl groups is 1. The van der Waals surface area contributed by atoms with Gasteiger partial charge >= 0.3 is 0 Å². The number of aliphatic hydroxyl groups excluding tert-OH is 2. The zero-order valence-electron chi connectivity index (χ0n) is 19.3. The van der Waals surface area contributed by atoms with Crippen molar-refractivity contribution in [2.75, 3.05) is 11.9 Å². The van der Waals surface area contributed by atoms with E-state index in [1.807, 2.05) is 56.3 Å². The van der Waals surface area contributed by atoms with Crippen molar-refractivity contribution >= 4 is 11.6 Å². The minimum Gasteiger partial charge on any atom is -0.508 e. The molecule has 2 unspecified atom stereocenters. The summed E-state index contributed by atoms with van der Waals surface area (Å²) >= 11 is 0. The highest BCUT2D eigenvalue weighted by atomic mass is 16.3. The fourth-order valence-electron chi connectivity index (χ4n) is 3.39. The number of carbonyl (C=O) groups excluding carboxylic acids is 1. The summed E-state index contributed by atoms with van der Waals surface area (Å²) in [6, 6.07) is 14.1. The van der Waals surface area contributed by atoms with Gasteiger partial charge in [0.2, 0.25) is 5.91 Å². The minimum atomic E-state index is -0.770. The number of hydrogen-bond acceptors (Lipinski definition) is 5. The normalized spacial score (nSPS) is 13.9. The Labute approximate surface area is 196 Å². The van der Waals surface area contributed by atoms with E-state index in [9.17, 15) is 20.1 Å². The first-order valence-electron chi connectivity index (χ1n) is 11.0. The van der Waals surface area contributed by atoms with Crippen molar-refractivity contribution in [2.24, 2.45) is 0 Å².